The van der Waals surface area contributed by atoms with Crippen LogP contribution in [0.3, 0.4) is 0 Å². The summed E-state index contributed by atoms with van der Waals surface area (Å²) in [5.74, 6) is -0.503. The first kappa shape index (κ1) is 22.7. The number of benzene rings is 4. The number of nitro groups is 1. The van der Waals surface area contributed by atoms with Crippen LogP contribution >= 0.6 is 0 Å². The summed E-state index contributed by atoms with van der Waals surface area (Å²) in [5, 5.41) is 16.1. The molecule has 0 aliphatic rings. The number of carbonyl (C=O) groups is 2. The number of fused-ring (bicyclic) bond motifs is 1. The van der Waals surface area contributed by atoms with Crippen LogP contribution in [-0.2, 0) is 16.0 Å². The Labute approximate surface area is 196 Å². The molecule has 0 radical (unpaired) electrons. The van der Waals surface area contributed by atoms with Crippen LogP contribution in [0.25, 0.3) is 10.8 Å². The monoisotopic (exact) mass is 454 g/mol. The third-order valence-corrected chi connectivity index (χ3v) is 5.40. The summed E-state index contributed by atoms with van der Waals surface area (Å²) < 4.78 is 5.51. The van der Waals surface area contributed by atoms with Gasteiger partial charge in [-0.1, -0.05) is 72.8 Å². The molecule has 4 rings (SSSR count). The van der Waals surface area contributed by atoms with Gasteiger partial charge in [0.25, 0.3) is 5.69 Å². The Morgan fingerprint density at radius 2 is 1.68 bits per heavy atom. The summed E-state index contributed by atoms with van der Waals surface area (Å²) in [5.41, 5.74) is 1.78. The van der Waals surface area contributed by atoms with E-state index in [0.29, 0.717) is 11.1 Å². The molecule has 1 N–H and O–H groups in total. The number of hydrogen-bond donors (Lipinski definition) is 1. The first-order valence-corrected chi connectivity index (χ1v) is 10.7. The molecule has 4 aromatic rings. The van der Waals surface area contributed by atoms with Crippen LogP contribution in [0.15, 0.2) is 91.0 Å². The second kappa shape index (κ2) is 9.95. The Kier molecular flexibility index (Phi) is 6.64. The highest BCUT2D eigenvalue weighted by molar-refractivity contribution is 5.90. The highest BCUT2D eigenvalue weighted by Crippen LogP contribution is 2.37. The number of nitro benzene ring substituents is 1. The fraction of sp³-hybridized carbons (Fsp3) is 0.111. The van der Waals surface area contributed by atoms with E-state index in [4.69, 9.17) is 4.74 Å². The maximum atomic E-state index is 13.1. The molecule has 0 spiro atoms. The second-order valence-corrected chi connectivity index (χ2v) is 7.81. The van der Waals surface area contributed by atoms with E-state index in [2.05, 4.69) is 5.32 Å². The van der Waals surface area contributed by atoms with Gasteiger partial charge in [-0.05, 0) is 28.0 Å². The second-order valence-electron chi connectivity index (χ2n) is 7.81. The van der Waals surface area contributed by atoms with Crippen LogP contribution in [0.1, 0.15) is 29.7 Å². The summed E-state index contributed by atoms with van der Waals surface area (Å²) in [6.45, 7) is 1.30. The van der Waals surface area contributed by atoms with Crippen LogP contribution in [0.2, 0.25) is 0 Å². The zero-order valence-corrected chi connectivity index (χ0v) is 18.4. The molecule has 4 aromatic carbocycles. The molecular weight excluding hydrogens is 432 g/mol. The number of nitrogens with zero attached hydrogens (tertiary/aromatic N) is 1. The first-order valence-electron chi connectivity index (χ1n) is 10.7. The molecule has 0 saturated carbocycles. The Morgan fingerprint density at radius 1 is 0.941 bits per heavy atom. The zero-order valence-electron chi connectivity index (χ0n) is 18.4. The minimum atomic E-state index is -0.795. The van der Waals surface area contributed by atoms with Gasteiger partial charge in [0, 0.05) is 24.6 Å². The number of non-ortho nitro benzene ring substituents is 1. The number of esters is 1. The molecule has 1 atom stereocenters. The van der Waals surface area contributed by atoms with E-state index in [1.807, 2.05) is 60.7 Å². The lowest BCUT2D eigenvalue weighted by Crippen LogP contribution is -2.31. The molecule has 0 fully saturated rings. The van der Waals surface area contributed by atoms with Gasteiger partial charge in [-0.2, -0.15) is 0 Å². The number of rotatable bonds is 7. The van der Waals surface area contributed by atoms with Crippen molar-refractivity contribution in [2.75, 3.05) is 0 Å². The van der Waals surface area contributed by atoms with E-state index >= 15 is 0 Å². The number of amides is 1. The van der Waals surface area contributed by atoms with Gasteiger partial charge in [-0.15, -0.1) is 0 Å². The number of ether oxygens (including phenoxy) is 1. The lowest BCUT2D eigenvalue weighted by atomic mass is 9.92. The third-order valence-electron chi connectivity index (χ3n) is 5.40. The van der Waals surface area contributed by atoms with Gasteiger partial charge in [0.05, 0.1) is 17.4 Å². The van der Waals surface area contributed by atoms with Gasteiger partial charge in [0.15, 0.2) is 0 Å². The van der Waals surface area contributed by atoms with Crippen molar-refractivity contribution in [2.24, 2.45) is 0 Å². The van der Waals surface area contributed by atoms with Gasteiger partial charge in [0.2, 0.25) is 5.91 Å². The van der Waals surface area contributed by atoms with Crippen LogP contribution in [0, 0.1) is 10.1 Å². The summed E-state index contributed by atoms with van der Waals surface area (Å²) in [6.07, 6.45) is 0.125. The van der Waals surface area contributed by atoms with Gasteiger partial charge in [-0.3, -0.25) is 19.7 Å². The maximum absolute atomic E-state index is 13.1. The molecule has 1 unspecified atom stereocenters. The number of hydrogen-bond acceptors (Lipinski definition) is 5. The van der Waals surface area contributed by atoms with Crippen molar-refractivity contribution in [3.63, 3.8) is 0 Å². The van der Waals surface area contributed by atoms with Crippen molar-refractivity contribution in [2.45, 2.75) is 19.4 Å². The molecule has 0 aliphatic heterocycles. The lowest BCUT2D eigenvalue weighted by Gasteiger charge is -2.24. The lowest BCUT2D eigenvalue weighted by molar-refractivity contribution is -0.384. The molecule has 170 valence electrons. The minimum Gasteiger partial charge on any atom is -0.426 e. The summed E-state index contributed by atoms with van der Waals surface area (Å²) >= 11 is 0. The van der Waals surface area contributed by atoms with Gasteiger partial charge in [0.1, 0.15) is 5.75 Å². The van der Waals surface area contributed by atoms with Crippen molar-refractivity contribution in [1.82, 2.24) is 5.32 Å². The largest absolute Gasteiger partial charge is 0.426 e. The van der Waals surface area contributed by atoms with E-state index < -0.39 is 16.9 Å². The molecule has 0 aromatic heterocycles. The number of nitrogens with one attached hydrogen (secondary N) is 1. The summed E-state index contributed by atoms with van der Waals surface area (Å²) in [4.78, 5) is 35.9. The van der Waals surface area contributed by atoms with E-state index in [0.717, 1.165) is 16.3 Å². The molecular formula is C27H22N2O5. The molecule has 0 aliphatic carbocycles. The summed E-state index contributed by atoms with van der Waals surface area (Å²) in [6, 6.07) is 25.6. The van der Waals surface area contributed by atoms with Crippen molar-refractivity contribution in [1.29, 1.82) is 0 Å². The molecule has 1 amide bonds. The van der Waals surface area contributed by atoms with Crippen molar-refractivity contribution in [3.8, 4) is 5.75 Å². The standard InChI is InChI=1S/C27H22N2O5/c1-18(30)34-24-15-14-20-10-5-6-13-23(20)26(24)27(21-11-7-12-22(17-21)29(32)33)28-25(31)16-19-8-3-2-4-9-19/h2-15,17,27H,16H2,1H3,(H,28,31). The van der Waals surface area contributed by atoms with Crippen molar-refractivity contribution in [3.05, 3.63) is 118 Å². The SMILES string of the molecule is CC(=O)Oc1ccc2ccccc2c1C(NC(=O)Cc1ccccc1)c1cccc([N+](=O)[O-])c1. The fourth-order valence-electron chi connectivity index (χ4n) is 3.95. The van der Waals surface area contributed by atoms with E-state index in [1.54, 1.807) is 18.2 Å². The average Bonchev–Trinajstić information content (AvgIpc) is 2.83. The molecule has 7 heteroatoms. The van der Waals surface area contributed by atoms with Crippen molar-refractivity contribution < 1.29 is 19.2 Å². The Balaban J connectivity index is 1.86. The van der Waals surface area contributed by atoms with Gasteiger partial charge >= 0.3 is 5.97 Å². The summed E-state index contributed by atoms with van der Waals surface area (Å²) in [7, 11) is 0. The Morgan fingerprint density at radius 3 is 2.41 bits per heavy atom. The van der Waals surface area contributed by atoms with Crippen LogP contribution < -0.4 is 10.1 Å². The van der Waals surface area contributed by atoms with Gasteiger partial charge in [-0.25, -0.2) is 0 Å². The minimum absolute atomic E-state index is 0.103. The van der Waals surface area contributed by atoms with Gasteiger partial charge < -0.3 is 10.1 Å². The third kappa shape index (κ3) is 5.10. The van der Waals surface area contributed by atoms with Crippen LogP contribution in [0.5, 0.6) is 5.75 Å². The average molecular weight is 454 g/mol. The predicted octanol–water partition coefficient (Wildman–Crippen LogP) is 5.12. The van der Waals surface area contributed by atoms with E-state index in [9.17, 15) is 19.7 Å². The maximum Gasteiger partial charge on any atom is 0.308 e. The normalized spacial score (nSPS) is 11.6. The highest BCUT2D eigenvalue weighted by Gasteiger charge is 2.25. The zero-order chi connectivity index (χ0) is 24.1. The molecule has 0 saturated heterocycles. The van der Waals surface area contributed by atoms with Crippen LogP contribution in [0.4, 0.5) is 5.69 Å². The molecule has 0 bridgehead atoms. The molecule has 34 heavy (non-hydrogen) atoms. The first-order chi connectivity index (χ1) is 16.4. The van der Waals surface area contributed by atoms with Crippen molar-refractivity contribution >= 4 is 28.3 Å². The topological polar surface area (TPSA) is 98.5 Å². The fourth-order valence-corrected chi connectivity index (χ4v) is 3.95. The van der Waals surface area contributed by atoms with Crippen LogP contribution in [-0.4, -0.2) is 16.8 Å². The van der Waals surface area contributed by atoms with E-state index in [-0.39, 0.29) is 23.8 Å². The molecule has 7 nitrogen and oxygen atoms in total. The smallest absolute Gasteiger partial charge is 0.308 e. The van der Waals surface area contributed by atoms with E-state index in [1.165, 1.54) is 19.1 Å². The molecule has 0 heterocycles. The highest BCUT2D eigenvalue weighted by atomic mass is 16.6. The Hall–Kier alpha value is -4.52. The predicted molar refractivity (Wildman–Crippen MR) is 128 cm³/mol. The Bertz CT molecular complexity index is 1370. The quantitative estimate of drug-likeness (QED) is 0.181. The number of carbonyl (C=O) groups excluding carboxylic acids is 2.